The van der Waals surface area contributed by atoms with Crippen molar-refractivity contribution in [1.82, 2.24) is 4.90 Å². The number of anilines is 2. The number of methoxy groups -OCH3 is 2. The number of carbonyl (C=O) groups is 3. The van der Waals surface area contributed by atoms with E-state index in [4.69, 9.17) is 9.47 Å². The van der Waals surface area contributed by atoms with Crippen LogP contribution in [0.2, 0.25) is 0 Å². The number of imide groups is 1. The van der Waals surface area contributed by atoms with Crippen molar-refractivity contribution in [2.45, 2.75) is 19.0 Å². The van der Waals surface area contributed by atoms with Gasteiger partial charge in [-0.15, -0.1) is 0 Å². The number of carbonyl (C=O) groups excluding carboxylic acids is 3. The van der Waals surface area contributed by atoms with Gasteiger partial charge < -0.3 is 19.7 Å². The second-order valence-electron chi connectivity index (χ2n) is 7.91. The van der Waals surface area contributed by atoms with Gasteiger partial charge in [-0.05, 0) is 66.2 Å². The predicted octanol–water partition coefficient (Wildman–Crippen LogP) is 4.21. The highest BCUT2D eigenvalue weighted by molar-refractivity contribution is 6.22. The average Bonchev–Trinajstić information content (AvgIpc) is 3.09. The molecule has 1 N–H and O–H groups in total. The first-order valence-electron chi connectivity index (χ1n) is 10.9. The molecule has 0 saturated carbocycles. The maximum absolute atomic E-state index is 13.4. The number of hydrogen-bond acceptors (Lipinski definition) is 5. The second kappa shape index (κ2) is 10.3. The maximum atomic E-state index is 13.4. The predicted molar refractivity (Wildman–Crippen MR) is 128 cm³/mol. The molecule has 0 spiro atoms. The lowest BCUT2D eigenvalue weighted by molar-refractivity contribution is -0.124. The van der Waals surface area contributed by atoms with Crippen molar-refractivity contribution in [3.8, 4) is 11.5 Å². The van der Waals surface area contributed by atoms with Crippen LogP contribution < -0.4 is 19.7 Å². The molecule has 1 saturated heterocycles. The molecule has 4 amide bonds. The fourth-order valence-electron chi connectivity index (χ4n) is 3.83. The summed E-state index contributed by atoms with van der Waals surface area (Å²) in [6.07, 6.45) is -0.246. The first-order chi connectivity index (χ1) is 16.9. The van der Waals surface area contributed by atoms with Crippen LogP contribution in [0.1, 0.15) is 12.0 Å². The van der Waals surface area contributed by atoms with Crippen molar-refractivity contribution < 1.29 is 28.2 Å². The maximum Gasteiger partial charge on any atom is 0.332 e. The Labute approximate surface area is 201 Å². The molecule has 1 aliphatic heterocycles. The molecule has 0 aromatic heterocycles. The lowest BCUT2D eigenvalue weighted by Crippen LogP contribution is -2.37. The number of halogens is 1. The van der Waals surface area contributed by atoms with E-state index in [-0.39, 0.29) is 13.0 Å². The molecule has 4 rings (SSSR count). The van der Waals surface area contributed by atoms with Crippen LogP contribution in [0.3, 0.4) is 0 Å². The first kappa shape index (κ1) is 23.7. The Morgan fingerprint density at radius 1 is 0.886 bits per heavy atom. The molecule has 0 aliphatic carbocycles. The number of hydrogen-bond donors (Lipinski definition) is 1. The van der Waals surface area contributed by atoms with E-state index in [9.17, 15) is 18.8 Å². The summed E-state index contributed by atoms with van der Waals surface area (Å²) in [6, 6.07) is 17.3. The highest BCUT2D eigenvalue weighted by Gasteiger charge is 2.46. The molecule has 0 bridgehead atoms. The van der Waals surface area contributed by atoms with E-state index in [0.29, 0.717) is 28.4 Å². The van der Waals surface area contributed by atoms with E-state index < -0.39 is 29.7 Å². The smallest absolute Gasteiger partial charge is 0.332 e. The van der Waals surface area contributed by atoms with Crippen LogP contribution in [0.25, 0.3) is 0 Å². The molecule has 1 fully saturated rings. The summed E-state index contributed by atoms with van der Waals surface area (Å²) in [7, 11) is 3.06. The lowest BCUT2D eigenvalue weighted by Gasteiger charge is -2.21. The largest absolute Gasteiger partial charge is 0.497 e. The monoisotopic (exact) mass is 477 g/mol. The Hall–Kier alpha value is -4.40. The molecule has 3 aromatic carbocycles. The Bertz CT molecular complexity index is 1210. The number of nitrogens with one attached hydrogen (secondary N) is 1. The molecule has 1 aliphatic rings. The Morgan fingerprint density at radius 3 is 2.03 bits per heavy atom. The van der Waals surface area contributed by atoms with Crippen LogP contribution in [0, 0.1) is 5.82 Å². The van der Waals surface area contributed by atoms with Gasteiger partial charge in [0.1, 0.15) is 23.4 Å². The standard InChI is InChI=1S/C26H24FN3O5/c1-34-21-11-7-19(8-12-21)28-24(31)15-23-25(32)30(20-9-13-22(35-2)14-10-20)26(33)29(23)16-17-3-5-18(27)6-4-17/h3-14,23H,15-16H2,1-2H3,(H,28,31)/t23-/m0/s1. The molecular formula is C26H24FN3O5. The van der Waals surface area contributed by atoms with Gasteiger partial charge in [-0.2, -0.15) is 0 Å². The van der Waals surface area contributed by atoms with E-state index in [1.165, 1.54) is 36.3 Å². The molecule has 0 radical (unpaired) electrons. The van der Waals surface area contributed by atoms with Crippen LogP contribution in [-0.2, 0) is 16.1 Å². The average molecular weight is 477 g/mol. The summed E-state index contributed by atoms with van der Waals surface area (Å²) < 4.78 is 23.6. The number of rotatable bonds is 8. The summed E-state index contributed by atoms with van der Waals surface area (Å²) in [6.45, 7) is 0.0397. The molecule has 0 unspecified atom stereocenters. The molecule has 1 atom stereocenters. The number of nitrogens with zero attached hydrogens (tertiary/aromatic N) is 2. The third kappa shape index (κ3) is 5.24. The van der Waals surface area contributed by atoms with E-state index >= 15 is 0 Å². The number of ether oxygens (including phenoxy) is 2. The molecule has 8 nitrogen and oxygen atoms in total. The molecular weight excluding hydrogens is 453 g/mol. The molecule has 1 heterocycles. The SMILES string of the molecule is COc1ccc(NC(=O)C[C@H]2C(=O)N(c3ccc(OC)cc3)C(=O)N2Cc2ccc(F)cc2)cc1. The minimum absolute atomic E-state index is 0.0397. The lowest BCUT2D eigenvalue weighted by atomic mass is 10.1. The second-order valence-corrected chi connectivity index (χ2v) is 7.91. The Morgan fingerprint density at radius 2 is 1.46 bits per heavy atom. The van der Waals surface area contributed by atoms with E-state index in [1.807, 2.05) is 0 Å². The van der Waals surface area contributed by atoms with Crippen LogP contribution in [0.15, 0.2) is 72.8 Å². The fourth-order valence-corrected chi connectivity index (χ4v) is 3.83. The van der Waals surface area contributed by atoms with Crippen molar-refractivity contribution in [3.05, 3.63) is 84.2 Å². The van der Waals surface area contributed by atoms with Crippen molar-refractivity contribution in [2.24, 2.45) is 0 Å². The van der Waals surface area contributed by atoms with Crippen LogP contribution in [-0.4, -0.2) is 43.0 Å². The van der Waals surface area contributed by atoms with Gasteiger partial charge in [0.15, 0.2) is 0 Å². The van der Waals surface area contributed by atoms with Gasteiger partial charge in [0, 0.05) is 12.2 Å². The Kier molecular flexibility index (Phi) is 6.96. The summed E-state index contributed by atoms with van der Waals surface area (Å²) >= 11 is 0. The van der Waals surface area contributed by atoms with Crippen molar-refractivity contribution in [3.63, 3.8) is 0 Å². The van der Waals surface area contributed by atoms with Gasteiger partial charge in [0.25, 0.3) is 5.91 Å². The van der Waals surface area contributed by atoms with Crippen molar-refractivity contribution >= 4 is 29.2 Å². The summed E-state index contributed by atoms with van der Waals surface area (Å²) in [4.78, 5) is 41.9. The van der Waals surface area contributed by atoms with E-state index in [1.54, 1.807) is 55.6 Å². The molecule has 3 aromatic rings. The highest BCUT2D eigenvalue weighted by Crippen LogP contribution is 2.30. The normalized spacial score (nSPS) is 15.3. The topological polar surface area (TPSA) is 88.2 Å². The van der Waals surface area contributed by atoms with Crippen LogP contribution in [0.4, 0.5) is 20.6 Å². The minimum atomic E-state index is -1.03. The summed E-state index contributed by atoms with van der Waals surface area (Å²) in [5.41, 5.74) is 1.53. The summed E-state index contributed by atoms with van der Waals surface area (Å²) in [5.74, 6) is -0.145. The van der Waals surface area contributed by atoms with Crippen LogP contribution >= 0.6 is 0 Å². The zero-order chi connectivity index (χ0) is 24.9. The van der Waals surface area contributed by atoms with Crippen molar-refractivity contribution in [1.29, 1.82) is 0 Å². The van der Waals surface area contributed by atoms with Crippen LogP contribution in [0.5, 0.6) is 11.5 Å². The number of amides is 4. The van der Waals surface area contributed by atoms with Crippen molar-refractivity contribution in [2.75, 3.05) is 24.4 Å². The minimum Gasteiger partial charge on any atom is -0.497 e. The van der Waals surface area contributed by atoms with Gasteiger partial charge in [-0.1, -0.05) is 12.1 Å². The zero-order valence-electron chi connectivity index (χ0n) is 19.2. The van der Waals surface area contributed by atoms with Gasteiger partial charge >= 0.3 is 6.03 Å². The van der Waals surface area contributed by atoms with E-state index in [0.717, 1.165) is 4.90 Å². The highest BCUT2D eigenvalue weighted by atomic mass is 19.1. The van der Waals surface area contributed by atoms with E-state index in [2.05, 4.69) is 5.32 Å². The van der Waals surface area contributed by atoms with Gasteiger partial charge in [0.05, 0.1) is 26.3 Å². The Balaban J connectivity index is 1.58. The van der Waals surface area contributed by atoms with Gasteiger partial charge in [-0.3, -0.25) is 9.59 Å². The zero-order valence-corrected chi connectivity index (χ0v) is 19.2. The van der Waals surface area contributed by atoms with Gasteiger partial charge in [-0.25, -0.2) is 14.1 Å². The molecule has 35 heavy (non-hydrogen) atoms. The summed E-state index contributed by atoms with van der Waals surface area (Å²) in [5, 5.41) is 2.75. The fraction of sp³-hybridized carbons (Fsp3) is 0.192. The molecule has 9 heteroatoms. The quantitative estimate of drug-likeness (QED) is 0.491. The number of benzene rings is 3. The van der Waals surface area contributed by atoms with Gasteiger partial charge in [0.2, 0.25) is 5.91 Å². The third-order valence-corrected chi connectivity index (χ3v) is 5.67. The molecule has 180 valence electrons. The third-order valence-electron chi connectivity index (χ3n) is 5.67. The first-order valence-corrected chi connectivity index (χ1v) is 10.9. The number of urea groups is 1.